The van der Waals surface area contributed by atoms with E-state index in [1.165, 1.54) is 5.56 Å². The number of hydrogen-bond acceptors (Lipinski definition) is 3. The van der Waals surface area contributed by atoms with E-state index in [2.05, 4.69) is 24.0 Å². The molecule has 0 saturated carbocycles. The van der Waals surface area contributed by atoms with Crippen LogP contribution in [0.4, 0.5) is 0 Å². The number of fused-ring (bicyclic) bond motifs is 1. The monoisotopic (exact) mass is 411 g/mol. The molecule has 0 fully saturated rings. The van der Waals surface area contributed by atoms with Gasteiger partial charge in [0.1, 0.15) is 0 Å². The van der Waals surface area contributed by atoms with Gasteiger partial charge in [0.05, 0.1) is 11.1 Å². The summed E-state index contributed by atoms with van der Waals surface area (Å²) >= 11 is 6.29. The molecule has 1 atom stereocenters. The first-order valence-corrected chi connectivity index (χ1v) is 10.1. The van der Waals surface area contributed by atoms with Crippen LogP contribution in [0.15, 0.2) is 42.5 Å². The lowest BCUT2D eigenvalue weighted by atomic mass is 9.90. The molecule has 1 heterocycles. The molecule has 5 heteroatoms. The van der Waals surface area contributed by atoms with Crippen LogP contribution in [-0.2, 0) is 16.0 Å². The number of ether oxygens (including phenoxy) is 1. The number of carbonyl (C=O) groups is 1. The first kappa shape index (κ1) is 21.3. The van der Waals surface area contributed by atoms with E-state index in [1.807, 2.05) is 52.0 Å². The van der Waals surface area contributed by atoms with E-state index < -0.39 is 17.7 Å². The van der Waals surface area contributed by atoms with Crippen molar-refractivity contribution in [1.82, 2.24) is 4.98 Å². The molecule has 0 bridgehead atoms. The molecule has 29 heavy (non-hydrogen) atoms. The Morgan fingerprint density at radius 3 is 2.38 bits per heavy atom. The number of pyridine rings is 1. The van der Waals surface area contributed by atoms with Crippen LogP contribution >= 0.6 is 11.6 Å². The summed E-state index contributed by atoms with van der Waals surface area (Å²) in [6, 6.07) is 13.7. The molecule has 0 aliphatic carbocycles. The van der Waals surface area contributed by atoms with Crippen LogP contribution in [0.2, 0.25) is 5.02 Å². The second-order valence-corrected chi connectivity index (χ2v) is 8.58. The van der Waals surface area contributed by atoms with Crippen LogP contribution in [-0.4, -0.2) is 21.7 Å². The molecule has 2 aromatic carbocycles. The smallest absolute Gasteiger partial charge is 0.337 e. The minimum atomic E-state index is -1.15. The van der Waals surface area contributed by atoms with E-state index in [0.717, 1.165) is 28.5 Å². The Morgan fingerprint density at radius 2 is 1.83 bits per heavy atom. The van der Waals surface area contributed by atoms with Crippen molar-refractivity contribution in [2.75, 3.05) is 0 Å². The summed E-state index contributed by atoms with van der Waals surface area (Å²) in [4.78, 5) is 16.9. The van der Waals surface area contributed by atoms with Gasteiger partial charge in [0, 0.05) is 21.7 Å². The van der Waals surface area contributed by atoms with Gasteiger partial charge in [0.2, 0.25) is 0 Å². The van der Waals surface area contributed by atoms with E-state index in [0.29, 0.717) is 16.3 Å². The van der Waals surface area contributed by atoms with E-state index in [1.54, 1.807) is 6.07 Å². The third-order valence-electron chi connectivity index (χ3n) is 4.78. The van der Waals surface area contributed by atoms with Crippen molar-refractivity contribution in [3.05, 3.63) is 64.3 Å². The normalized spacial score (nSPS) is 12.9. The molecule has 0 aliphatic heterocycles. The molecule has 152 valence electrons. The third kappa shape index (κ3) is 4.60. The molecule has 0 radical (unpaired) electrons. The lowest BCUT2D eigenvalue weighted by molar-refractivity contribution is -0.160. The van der Waals surface area contributed by atoms with E-state index in [9.17, 15) is 9.90 Å². The third-order valence-corrected chi connectivity index (χ3v) is 5.02. The first-order chi connectivity index (χ1) is 13.6. The second-order valence-electron chi connectivity index (χ2n) is 8.15. The molecule has 0 saturated heterocycles. The fraction of sp³-hybridized carbons (Fsp3) is 0.333. The van der Waals surface area contributed by atoms with Crippen LogP contribution < -0.4 is 0 Å². The molecule has 1 aromatic heterocycles. The molecule has 0 aliphatic rings. The number of benzene rings is 2. The minimum Gasteiger partial charge on any atom is -0.479 e. The van der Waals surface area contributed by atoms with Gasteiger partial charge < -0.3 is 9.84 Å². The maximum atomic E-state index is 12.2. The van der Waals surface area contributed by atoms with Crippen molar-refractivity contribution < 1.29 is 14.6 Å². The van der Waals surface area contributed by atoms with E-state index in [-0.39, 0.29) is 0 Å². The first-order valence-electron chi connectivity index (χ1n) is 9.70. The lowest BCUT2D eigenvalue weighted by Crippen LogP contribution is -2.28. The van der Waals surface area contributed by atoms with Crippen LogP contribution in [0.3, 0.4) is 0 Å². The van der Waals surface area contributed by atoms with Crippen LogP contribution in [0.25, 0.3) is 22.0 Å². The quantitative estimate of drug-likeness (QED) is 0.530. The molecular formula is C24H26ClNO3. The van der Waals surface area contributed by atoms with Crippen molar-refractivity contribution in [3.63, 3.8) is 0 Å². The van der Waals surface area contributed by atoms with Gasteiger partial charge in [-0.05, 0) is 69.0 Å². The minimum absolute atomic E-state index is 0.562. The molecule has 3 aromatic rings. The maximum absolute atomic E-state index is 12.2. The highest BCUT2D eigenvalue weighted by molar-refractivity contribution is 6.31. The van der Waals surface area contributed by atoms with Crippen LogP contribution in [0, 0.1) is 6.92 Å². The summed E-state index contributed by atoms with van der Waals surface area (Å²) in [7, 11) is 0. The number of nitrogens with zero attached hydrogens (tertiary/aromatic N) is 1. The number of rotatable bonds is 5. The zero-order chi connectivity index (χ0) is 21.3. The Labute approximate surface area is 176 Å². The topological polar surface area (TPSA) is 59.4 Å². The molecule has 0 amide bonds. The van der Waals surface area contributed by atoms with Gasteiger partial charge in [0.25, 0.3) is 0 Å². The van der Waals surface area contributed by atoms with Crippen molar-refractivity contribution in [1.29, 1.82) is 0 Å². The molecule has 4 nitrogen and oxygen atoms in total. The lowest BCUT2D eigenvalue weighted by Gasteiger charge is -2.28. The van der Waals surface area contributed by atoms with E-state index in [4.69, 9.17) is 16.3 Å². The second kappa shape index (κ2) is 8.13. The summed E-state index contributed by atoms with van der Waals surface area (Å²) < 4.78 is 5.98. The summed E-state index contributed by atoms with van der Waals surface area (Å²) in [6.45, 7) is 9.47. The van der Waals surface area contributed by atoms with Crippen molar-refractivity contribution >= 4 is 28.5 Å². The number of halogens is 1. The number of aryl methyl sites for hydroxylation is 2. The zero-order valence-electron chi connectivity index (χ0n) is 17.4. The Kier molecular flexibility index (Phi) is 5.97. The van der Waals surface area contributed by atoms with Crippen molar-refractivity contribution in [2.45, 2.75) is 52.7 Å². The summed E-state index contributed by atoms with van der Waals surface area (Å²) in [5, 5.41) is 11.4. The highest BCUT2D eigenvalue weighted by atomic mass is 35.5. The summed E-state index contributed by atoms with van der Waals surface area (Å²) in [5.41, 5.74) is 4.25. The molecule has 3 rings (SSSR count). The molecule has 1 N–H and O–H groups in total. The molecule has 0 spiro atoms. The Morgan fingerprint density at radius 1 is 1.17 bits per heavy atom. The van der Waals surface area contributed by atoms with Crippen molar-refractivity contribution in [2.24, 2.45) is 0 Å². The number of carboxylic acid groups (broad SMARTS) is 1. The number of hydrogen-bond donors (Lipinski definition) is 1. The predicted octanol–water partition coefficient (Wildman–Crippen LogP) is 6.37. The standard InChI is InChI=1S/C24H26ClNO3/c1-6-15-7-9-16(10-8-15)21-18-13-17(25)11-12-19(18)26-14(2)20(21)22(23(27)28)29-24(3,4)5/h7-13,22H,6H2,1-5H3,(H,27,28)/t22-/m0/s1. The van der Waals surface area contributed by atoms with Gasteiger partial charge in [-0.15, -0.1) is 0 Å². The van der Waals surface area contributed by atoms with E-state index >= 15 is 0 Å². The van der Waals surface area contributed by atoms with Crippen LogP contribution in [0.5, 0.6) is 0 Å². The van der Waals surface area contributed by atoms with Gasteiger partial charge in [-0.1, -0.05) is 42.8 Å². The SMILES string of the molecule is CCc1ccc(-c2c([C@H](OC(C)(C)C)C(=O)O)c(C)nc3ccc(Cl)cc23)cc1. The average molecular weight is 412 g/mol. The summed E-state index contributed by atoms with van der Waals surface area (Å²) in [5.74, 6) is -1.04. The highest BCUT2D eigenvalue weighted by Crippen LogP contribution is 2.40. The largest absolute Gasteiger partial charge is 0.479 e. The van der Waals surface area contributed by atoms with Crippen molar-refractivity contribution in [3.8, 4) is 11.1 Å². The zero-order valence-corrected chi connectivity index (χ0v) is 18.2. The van der Waals surface area contributed by atoms with Gasteiger partial charge in [-0.2, -0.15) is 0 Å². The Bertz CT molecular complexity index is 1050. The number of aromatic nitrogens is 1. The van der Waals surface area contributed by atoms with Crippen LogP contribution in [0.1, 0.15) is 50.6 Å². The predicted molar refractivity (Wildman–Crippen MR) is 118 cm³/mol. The van der Waals surface area contributed by atoms with Gasteiger partial charge in [-0.25, -0.2) is 4.79 Å². The Hall–Kier alpha value is -2.43. The van der Waals surface area contributed by atoms with Gasteiger partial charge >= 0.3 is 5.97 Å². The Balaban J connectivity index is 2.38. The number of aliphatic carboxylic acids is 1. The van der Waals surface area contributed by atoms with Gasteiger partial charge in [-0.3, -0.25) is 4.98 Å². The fourth-order valence-electron chi connectivity index (χ4n) is 3.50. The molecular weight excluding hydrogens is 386 g/mol. The number of carboxylic acids is 1. The fourth-order valence-corrected chi connectivity index (χ4v) is 3.67. The molecule has 0 unspecified atom stereocenters. The highest BCUT2D eigenvalue weighted by Gasteiger charge is 2.32. The van der Waals surface area contributed by atoms with Gasteiger partial charge in [0.15, 0.2) is 6.10 Å². The average Bonchev–Trinajstić information content (AvgIpc) is 2.65. The maximum Gasteiger partial charge on any atom is 0.337 e. The summed E-state index contributed by atoms with van der Waals surface area (Å²) in [6.07, 6.45) is -0.216.